The van der Waals surface area contributed by atoms with E-state index in [4.69, 9.17) is 9.47 Å². The van der Waals surface area contributed by atoms with Crippen molar-refractivity contribution in [3.05, 3.63) is 102 Å². The Kier molecular flexibility index (Phi) is 4.59. The number of ether oxygens (including phenoxy) is 2. The zero-order valence-corrected chi connectivity index (χ0v) is 14.9. The van der Waals surface area contributed by atoms with E-state index in [9.17, 15) is 15.0 Å². The fourth-order valence-electron chi connectivity index (χ4n) is 3.29. The van der Waals surface area contributed by atoms with Gasteiger partial charge in [0, 0.05) is 16.7 Å². The molecule has 0 amide bonds. The SMILES string of the molecule is O=C(OCC(=CO)c1ccccc1)C1(O)c2ccccc2Oc2ccccc21. The summed E-state index contributed by atoms with van der Waals surface area (Å²) < 4.78 is 11.3. The van der Waals surface area contributed by atoms with Crippen LogP contribution >= 0.6 is 0 Å². The second-order valence-corrected chi connectivity index (χ2v) is 6.40. The highest BCUT2D eigenvalue weighted by molar-refractivity contribution is 5.89. The Labute approximate surface area is 162 Å². The molecular formula is C23H18O5. The van der Waals surface area contributed by atoms with Crippen LogP contribution < -0.4 is 4.74 Å². The van der Waals surface area contributed by atoms with Crippen molar-refractivity contribution in [3.8, 4) is 11.5 Å². The Hall–Kier alpha value is -3.57. The molecule has 0 radical (unpaired) electrons. The van der Waals surface area contributed by atoms with Gasteiger partial charge in [-0.15, -0.1) is 0 Å². The lowest BCUT2D eigenvalue weighted by atomic mass is 9.83. The molecule has 0 saturated carbocycles. The van der Waals surface area contributed by atoms with Crippen LogP contribution in [0.3, 0.4) is 0 Å². The Morgan fingerprint density at radius 2 is 1.43 bits per heavy atom. The molecule has 3 aromatic carbocycles. The molecule has 0 spiro atoms. The summed E-state index contributed by atoms with van der Waals surface area (Å²) in [5.41, 5.74) is -0.243. The molecule has 2 N–H and O–H groups in total. The first kappa shape index (κ1) is 17.8. The molecule has 28 heavy (non-hydrogen) atoms. The van der Waals surface area contributed by atoms with Crippen LogP contribution in [-0.2, 0) is 15.1 Å². The second-order valence-electron chi connectivity index (χ2n) is 6.40. The summed E-state index contributed by atoms with van der Waals surface area (Å²) in [6.45, 7) is -0.188. The third kappa shape index (κ3) is 2.92. The van der Waals surface area contributed by atoms with E-state index >= 15 is 0 Å². The number of esters is 1. The first-order valence-corrected chi connectivity index (χ1v) is 8.79. The van der Waals surface area contributed by atoms with Crippen LogP contribution in [-0.4, -0.2) is 22.8 Å². The normalized spacial score (nSPS) is 14.4. The van der Waals surface area contributed by atoms with Crippen molar-refractivity contribution in [1.29, 1.82) is 0 Å². The Bertz CT molecular complexity index is 994. The van der Waals surface area contributed by atoms with Gasteiger partial charge in [0.15, 0.2) is 0 Å². The minimum Gasteiger partial charge on any atom is -0.515 e. The van der Waals surface area contributed by atoms with Crippen LogP contribution in [0.1, 0.15) is 16.7 Å². The third-order valence-electron chi connectivity index (χ3n) is 4.73. The number of hydrogen-bond donors (Lipinski definition) is 2. The van der Waals surface area contributed by atoms with Gasteiger partial charge in [-0.05, 0) is 17.7 Å². The Morgan fingerprint density at radius 3 is 2.00 bits per heavy atom. The van der Waals surface area contributed by atoms with E-state index in [1.165, 1.54) is 0 Å². The number of para-hydroxylation sites is 2. The summed E-state index contributed by atoms with van der Waals surface area (Å²) >= 11 is 0. The molecule has 3 aromatic rings. The number of benzene rings is 3. The third-order valence-corrected chi connectivity index (χ3v) is 4.73. The molecule has 0 saturated heterocycles. The molecule has 0 unspecified atom stereocenters. The van der Waals surface area contributed by atoms with Crippen molar-refractivity contribution in [2.45, 2.75) is 5.60 Å². The number of aliphatic hydroxyl groups is 2. The van der Waals surface area contributed by atoms with Crippen LogP contribution in [0.25, 0.3) is 5.57 Å². The van der Waals surface area contributed by atoms with Gasteiger partial charge in [0.2, 0.25) is 5.60 Å². The summed E-state index contributed by atoms with van der Waals surface area (Å²) in [6, 6.07) is 22.7. The number of rotatable bonds is 4. The molecular weight excluding hydrogens is 356 g/mol. The molecule has 0 aromatic heterocycles. The molecule has 0 bridgehead atoms. The minimum atomic E-state index is -2.01. The topological polar surface area (TPSA) is 76.0 Å². The van der Waals surface area contributed by atoms with E-state index in [0.29, 0.717) is 28.2 Å². The molecule has 0 aliphatic carbocycles. The van der Waals surface area contributed by atoms with Crippen molar-refractivity contribution in [2.75, 3.05) is 6.61 Å². The molecule has 5 heteroatoms. The lowest BCUT2D eigenvalue weighted by molar-refractivity contribution is -0.161. The predicted octanol–water partition coefficient (Wildman–Crippen LogP) is 4.17. The zero-order chi connectivity index (χ0) is 19.6. The molecule has 5 nitrogen and oxygen atoms in total. The van der Waals surface area contributed by atoms with Gasteiger partial charge >= 0.3 is 5.97 Å². The fourth-order valence-corrected chi connectivity index (χ4v) is 3.29. The highest BCUT2D eigenvalue weighted by atomic mass is 16.6. The van der Waals surface area contributed by atoms with Gasteiger partial charge in [-0.2, -0.15) is 0 Å². The standard InChI is InChI=1S/C23H18O5/c24-14-17(16-8-2-1-3-9-16)15-27-22(25)23(26)18-10-4-6-12-20(18)28-21-13-7-5-11-19(21)23/h1-14,24,26H,15H2. The summed E-state index contributed by atoms with van der Waals surface area (Å²) in [4.78, 5) is 13.1. The maximum absolute atomic E-state index is 13.1. The fraction of sp³-hybridized carbons (Fsp3) is 0.0870. The molecule has 140 valence electrons. The Balaban J connectivity index is 1.67. The summed E-state index contributed by atoms with van der Waals surface area (Å²) in [5.74, 6) is -0.0609. The maximum Gasteiger partial charge on any atom is 0.348 e. The molecule has 1 aliphatic heterocycles. The van der Waals surface area contributed by atoms with Gasteiger partial charge in [-0.3, -0.25) is 0 Å². The van der Waals surface area contributed by atoms with Crippen molar-refractivity contribution in [1.82, 2.24) is 0 Å². The number of carbonyl (C=O) groups is 1. The molecule has 1 heterocycles. The van der Waals surface area contributed by atoms with Crippen molar-refractivity contribution < 1.29 is 24.5 Å². The van der Waals surface area contributed by atoms with Crippen LogP contribution in [0.5, 0.6) is 11.5 Å². The predicted molar refractivity (Wildman–Crippen MR) is 104 cm³/mol. The number of carbonyl (C=O) groups excluding carboxylic acids is 1. The van der Waals surface area contributed by atoms with E-state index < -0.39 is 11.6 Å². The smallest absolute Gasteiger partial charge is 0.348 e. The zero-order valence-electron chi connectivity index (χ0n) is 14.9. The lowest BCUT2D eigenvalue weighted by Crippen LogP contribution is -2.41. The van der Waals surface area contributed by atoms with Crippen molar-refractivity contribution in [2.24, 2.45) is 0 Å². The van der Waals surface area contributed by atoms with Crippen molar-refractivity contribution >= 4 is 11.5 Å². The van der Waals surface area contributed by atoms with E-state index in [1.54, 1.807) is 60.7 Å². The first-order valence-electron chi connectivity index (χ1n) is 8.79. The van der Waals surface area contributed by atoms with E-state index in [2.05, 4.69) is 0 Å². The average Bonchev–Trinajstić information content (AvgIpc) is 2.75. The van der Waals surface area contributed by atoms with Crippen LogP contribution in [0, 0.1) is 0 Å². The van der Waals surface area contributed by atoms with Gasteiger partial charge in [0.25, 0.3) is 0 Å². The molecule has 0 fully saturated rings. The average molecular weight is 374 g/mol. The molecule has 0 atom stereocenters. The van der Waals surface area contributed by atoms with E-state index in [-0.39, 0.29) is 6.61 Å². The monoisotopic (exact) mass is 374 g/mol. The van der Waals surface area contributed by atoms with Gasteiger partial charge in [0.05, 0.1) is 6.26 Å². The van der Waals surface area contributed by atoms with Crippen LogP contribution in [0.2, 0.25) is 0 Å². The summed E-state index contributed by atoms with van der Waals surface area (Å²) in [5, 5.41) is 21.0. The van der Waals surface area contributed by atoms with Crippen molar-refractivity contribution in [3.63, 3.8) is 0 Å². The second kappa shape index (κ2) is 7.21. The summed E-state index contributed by atoms with van der Waals surface area (Å²) in [6.07, 6.45) is 0.901. The lowest BCUT2D eigenvalue weighted by Gasteiger charge is -2.33. The van der Waals surface area contributed by atoms with Gasteiger partial charge in [-0.1, -0.05) is 66.7 Å². The molecule has 4 rings (SSSR count). The largest absolute Gasteiger partial charge is 0.515 e. The van der Waals surface area contributed by atoms with Crippen LogP contribution in [0.4, 0.5) is 0 Å². The number of aliphatic hydroxyl groups excluding tert-OH is 1. The Morgan fingerprint density at radius 1 is 0.893 bits per heavy atom. The first-order chi connectivity index (χ1) is 13.6. The van der Waals surface area contributed by atoms with Gasteiger partial charge in [0.1, 0.15) is 18.1 Å². The quantitative estimate of drug-likeness (QED) is 0.529. The number of hydrogen-bond acceptors (Lipinski definition) is 5. The van der Waals surface area contributed by atoms with Crippen LogP contribution in [0.15, 0.2) is 85.1 Å². The summed E-state index contributed by atoms with van der Waals surface area (Å²) in [7, 11) is 0. The van der Waals surface area contributed by atoms with E-state index in [0.717, 1.165) is 11.8 Å². The van der Waals surface area contributed by atoms with Gasteiger partial charge in [-0.25, -0.2) is 4.79 Å². The maximum atomic E-state index is 13.1. The number of fused-ring (bicyclic) bond motifs is 2. The minimum absolute atomic E-state index is 0.188. The van der Waals surface area contributed by atoms with Gasteiger partial charge < -0.3 is 19.7 Å². The molecule has 1 aliphatic rings. The highest BCUT2D eigenvalue weighted by Gasteiger charge is 2.48. The highest BCUT2D eigenvalue weighted by Crippen LogP contribution is 2.47. The van der Waals surface area contributed by atoms with E-state index in [1.807, 2.05) is 18.2 Å².